The molecule has 0 unspecified atom stereocenters. The maximum atomic E-state index is 12.3. The van der Waals surface area contributed by atoms with Gasteiger partial charge < -0.3 is 15.6 Å². The third-order valence-electron chi connectivity index (χ3n) is 4.05. The largest absolute Gasteiger partial charge is 0.326 e. The van der Waals surface area contributed by atoms with Crippen LogP contribution in [0.15, 0.2) is 29.1 Å². The van der Waals surface area contributed by atoms with Crippen LogP contribution in [0.2, 0.25) is 0 Å². The zero-order valence-electron chi connectivity index (χ0n) is 15.7. The van der Waals surface area contributed by atoms with E-state index in [0.29, 0.717) is 28.3 Å². The molecular formula is C19H20N4O3S2. The molecule has 146 valence electrons. The van der Waals surface area contributed by atoms with Crippen molar-refractivity contribution in [1.82, 2.24) is 9.97 Å². The smallest absolute Gasteiger partial charge is 0.259 e. The molecule has 1 aromatic carbocycles. The lowest BCUT2D eigenvalue weighted by molar-refractivity contribution is -0.114. The Bertz CT molecular complexity index is 1090. The molecule has 2 aromatic heterocycles. The first kappa shape index (κ1) is 20.1. The number of carbonyl (C=O) groups excluding carboxylic acids is 2. The molecule has 0 fully saturated rings. The number of hydrogen-bond acceptors (Lipinski definition) is 6. The third kappa shape index (κ3) is 4.79. The quantitative estimate of drug-likeness (QED) is 0.571. The Morgan fingerprint density at radius 2 is 1.79 bits per heavy atom. The number of H-pyrrole nitrogens is 1. The van der Waals surface area contributed by atoms with Gasteiger partial charge >= 0.3 is 0 Å². The fourth-order valence-corrected chi connectivity index (χ4v) is 4.38. The van der Waals surface area contributed by atoms with Crippen molar-refractivity contribution in [2.75, 3.05) is 16.4 Å². The number of thioether (sulfide) groups is 1. The van der Waals surface area contributed by atoms with Crippen LogP contribution in [-0.4, -0.2) is 27.5 Å². The molecule has 0 atom stereocenters. The summed E-state index contributed by atoms with van der Waals surface area (Å²) in [6.07, 6.45) is 0. The van der Waals surface area contributed by atoms with Crippen molar-refractivity contribution in [3.63, 3.8) is 0 Å². The van der Waals surface area contributed by atoms with E-state index in [1.54, 1.807) is 24.3 Å². The molecule has 0 aliphatic rings. The molecule has 0 spiro atoms. The molecule has 3 aromatic rings. The summed E-state index contributed by atoms with van der Waals surface area (Å²) in [5.41, 5.74) is 2.16. The minimum atomic E-state index is -0.150. The Hall–Kier alpha value is -2.65. The van der Waals surface area contributed by atoms with Gasteiger partial charge in [-0.2, -0.15) is 0 Å². The number of fused-ring (bicyclic) bond motifs is 1. The maximum Gasteiger partial charge on any atom is 0.259 e. The number of nitrogens with zero attached hydrogens (tertiary/aromatic N) is 1. The summed E-state index contributed by atoms with van der Waals surface area (Å²) in [5, 5.41) is 6.12. The van der Waals surface area contributed by atoms with Gasteiger partial charge in [0, 0.05) is 23.2 Å². The highest BCUT2D eigenvalue weighted by atomic mass is 32.2. The SMILES string of the molecule is CC(=O)Nc1ccc(NC(=O)CSCc2nc3sc(C)c(C)c3c(=O)[nH]2)cc1. The van der Waals surface area contributed by atoms with Crippen molar-refractivity contribution < 1.29 is 9.59 Å². The Labute approximate surface area is 170 Å². The molecule has 0 saturated heterocycles. The first-order chi connectivity index (χ1) is 13.3. The number of aromatic nitrogens is 2. The van der Waals surface area contributed by atoms with Crippen molar-refractivity contribution in [3.8, 4) is 0 Å². The molecule has 0 aliphatic heterocycles. The predicted octanol–water partition coefficient (Wildman–Crippen LogP) is 3.43. The molecule has 7 nitrogen and oxygen atoms in total. The molecule has 3 N–H and O–H groups in total. The highest BCUT2D eigenvalue weighted by Crippen LogP contribution is 2.26. The van der Waals surface area contributed by atoms with Crippen molar-refractivity contribution >= 4 is 56.5 Å². The van der Waals surface area contributed by atoms with Crippen LogP contribution in [0, 0.1) is 13.8 Å². The van der Waals surface area contributed by atoms with Crippen LogP contribution in [0.3, 0.4) is 0 Å². The van der Waals surface area contributed by atoms with E-state index in [9.17, 15) is 14.4 Å². The van der Waals surface area contributed by atoms with Gasteiger partial charge in [-0.05, 0) is 43.7 Å². The number of anilines is 2. The van der Waals surface area contributed by atoms with E-state index in [2.05, 4.69) is 20.6 Å². The van der Waals surface area contributed by atoms with Crippen LogP contribution in [0.25, 0.3) is 10.2 Å². The highest BCUT2D eigenvalue weighted by Gasteiger charge is 2.12. The first-order valence-corrected chi connectivity index (χ1v) is 10.5. The summed E-state index contributed by atoms with van der Waals surface area (Å²) in [6, 6.07) is 6.89. The number of benzene rings is 1. The van der Waals surface area contributed by atoms with Crippen molar-refractivity contribution in [1.29, 1.82) is 0 Å². The van der Waals surface area contributed by atoms with Gasteiger partial charge in [-0.1, -0.05) is 0 Å². The molecule has 0 aliphatic carbocycles. The van der Waals surface area contributed by atoms with Gasteiger partial charge in [-0.15, -0.1) is 23.1 Å². The number of carbonyl (C=O) groups is 2. The fraction of sp³-hybridized carbons (Fsp3) is 0.263. The van der Waals surface area contributed by atoms with Crippen LogP contribution < -0.4 is 16.2 Å². The van der Waals surface area contributed by atoms with Crippen molar-refractivity contribution in [2.24, 2.45) is 0 Å². The predicted molar refractivity (Wildman–Crippen MR) is 115 cm³/mol. The molecule has 0 radical (unpaired) electrons. The molecule has 2 heterocycles. The van der Waals surface area contributed by atoms with Crippen LogP contribution in [0.1, 0.15) is 23.2 Å². The lowest BCUT2D eigenvalue weighted by Gasteiger charge is -2.07. The number of nitrogens with one attached hydrogen (secondary N) is 3. The lowest BCUT2D eigenvalue weighted by atomic mass is 10.2. The number of aryl methyl sites for hydroxylation is 2. The number of aromatic amines is 1. The average molecular weight is 417 g/mol. The Balaban J connectivity index is 1.55. The van der Waals surface area contributed by atoms with Gasteiger partial charge in [0.05, 0.1) is 16.9 Å². The monoisotopic (exact) mass is 416 g/mol. The molecule has 9 heteroatoms. The molecule has 3 rings (SSSR count). The molecular weight excluding hydrogens is 396 g/mol. The first-order valence-electron chi connectivity index (χ1n) is 8.57. The molecule has 0 bridgehead atoms. The Kier molecular flexibility index (Phi) is 6.15. The summed E-state index contributed by atoms with van der Waals surface area (Å²) in [7, 11) is 0. The minimum Gasteiger partial charge on any atom is -0.326 e. The van der Waals surface area contributed by atoms with E-state index in [1.165, 1.54) is 30.0 Å². The topological polar surface area (TPSA) is 104 Å². The van der Waals surface area contributed by atoms with Crippen molar-refractivity contribution in [2.45, 2.75) is 26.5 Å². The van der Waals surface area contributed by atoms with Gasteiger partial charge in [-0.3, -0.25) is 14.4 Å². The molecule has 0 saturated carbocycles. The Morgan fingerprint density at radius 1 is 1.14 bits per heavy atom. The summed E-state index contributed by atoms with van der Waals surface area (Å²) in [4.78, 5) is 44.5. The standard InChI is InChI=1S/C19H20N4O3S2/c1-10-11(2)28-19-17(10)18(26)22-15(23-19)8-27-9-16(25)21-14-6-4-13(5-7-14)20-12(3)24/h4-7H,8-9H2,1-3H3,(H,20,24)(H,21,25)(H,22,23,26). The van der Waals surface area contributed by atoms with E-state index in [0.717, 1.165) is 15.3 Å². The van der Waals surface area contributed by atoms with Gasteiger partial charge in [0.1, 0.15) is 10.7 Å². The second-order valence-corrected chi connectivity index (χ2v) is 8.46. The van der Waals surface area contributed by atoms with E-state index >= 15 is 0 Å². The van der Waals surface area contributed by atoms with E-state index < -0.39 is 0 Å². The second-order valence-electron chi connectivity index (χ2n) is 6.28. The maximum absolute atomic E-state index is 12.3. The van der Waals surface area contributed by atoms with Gasteiger partial charge in [0.15, 0.2) is 0 Å². The third-order valence-corrected chi connectivity index (χ3v) is 6.09. The van der Waals surface area contributed by atoms with Crippen LogP contribution in [0.5, 0.6) is 0 Å². The number of rotatable bonds is 6. The summed E-state index contributed by atoms with van der Waals surface area (Å²) >= 11 is 2.88. The lowest BCUT2D eigenvalue weighted by Crippen LogP contribution is -2.15. The van der Waals surface area contributed by atoms with Gasteiger partial charge in [0.25, 0.3) is 5.56 Å². The van der Waals surface area contributed by atoms with Crippen LogP contribution >= 0.6 is 23.1 Å². The molecule has 28 heavy (non-hydrogen) atoms. The van der Waals surface area contributed by atoms with E-state index in [-0.39, 0.29) is 23.1 Å². The Morgan fingerprint density at radius 3 is 2.43 bits per heavy atom. The minimum absolute atomic E-state index is 0.133. The van der Waals surface area contributed by atoms with Crippen molar-refractivity contribution in [3.05, 3.63) is 50.9 Å². The second kappa shape index (κ2) is 8.57. The summed E-state index contributed by atoms with van der Waals surface area (Å²) < 4.78 is 0. The fourth-order valence-electron chi connectivity index (χ4n) is 2.65. The number of hydrogen-bond donors (Lipinski definition) is 3. The molecule has 2 amide bonds. The van der Waals surface area contributed by atoms with E-state index in [4.69, 9.17) is 0 Å². The summed E-state index contributed by atoms with van der Waals surface area (Å²) in [6.45, 7) is 5.34. The van der Waals surface area contributed by atoms with Crippen LogP contribution in [0.4, 0.5) is 11.4 Å². The van der Waals surface area contributed by atoms with Crippen LogP contribution in [-0.2, 0) is 15.3 Å². The van der Waals surface area contributed by atoms with Gasteiger partial charge in [-0.25, -0.2) is 4.98 Å². The highest BCUT2D eigenvalue weighted by molar-refractivity contribution is 7.99. The number of thiophene rings is 1. The zero-order chi connectivity index (χ0) is 20.3. The normalized spacial score (nSPS) is 10.8. The van der Waals surface area contributed by atoms with Gasteiger partial charge in [0.2, 0.25) is 11.8 Å². The number of amides is 2. The van der Waals surface area contributed by atoms with E-state index in [1.807, 2.05) is 13.8 Å². The summed E-state index contributed by atoms with van der Waals surface area (Å²) in [5.74, 6) is 0.943. The zero-order valence-corrected chi connectivity index (χ0v) is 17.3. The average Bonchev–Trinajstić information content (AvgIpc) is 2.91.